The van der Waals surface area contributed by atoms with Crippen molar-refractivity contribution in [2.75, 3.05) is 13.3 Å². The maximum absolute atomic E-state index is 6.13. The van der Waals surface area contributed by atoms with Crippen LogP contribution in [0.5, 0.6) is 11.5 Å². The van der Waals surface area contributed by atoms with Crippen LogP contribution in [0.25, 0.3) is 0 Å². The van der Waals surface area contributed by atoms with Crippen molar-refractivity contribution < 1.29 is 14.2 Å². The molecule has 3 unspecified atom stereocenters. The summed E-state index contributed by atoms with van der Waals surface area (Å²) in [5.41, 5.74) is 6.99. The van der Waals surface area contributed by atoms with Crippen molar-refractivity contribution in [1.29, 1.82) is 0 Å². The van der Waals surface area contributed by atoms with Crippen molar-refractivity contribution >= 4 is 0 Å². The quantitative estimate of drug-likeness (QED) is 0.919. The summed E-state index contributed by atoms with van der Waals surface area (Å²) in [5.74, 6) is 2.87. The third-order valence-corrected chi connectivity index (χ3v) is 4.39. The zero-order valence-electron chi connectivity index (χ0n) is 12.0. The second kappa shape index (κ2) is 6.02. The second-order valence-corrected chi connectivity index (χ2v) is 5.95. The molecule has 4 nitrogen and oxygen atoms in total. The number of nitrogens with two attached hydrogens (primary N) is 1. The molecule has 110 valence electrons. The van der Waals surface area contributed by atoms with Crippen molar-refractivity contribution in [1.82, 2.24) is 0 Å². The highest BCUT2D eigenvalue weighted by molar-refractivity contribution is 5.44. The summed E-state index contributed by atoms with van der Waals surface area (Å²) in [5, 5.41) is 0. The highest BCUT2D eigenvalue weighted by atomic mass is 16.7. The van der Waals surface area contributed by atoms with Crippen molar-refractivity contribution in [3.05, 3.63) is 23.8 Å². The van der Waals surface area contributed by atoms with Gasteiger partial charge < -0.3 is 19.9 Å². The van der Waals surface area contributed by atoms with Crippen LogP contribution in [0.4, 0.5) is 0 Å². The Morgan fingerprint density at radius 1 is 1.25 bits per heavy atom. The molecule has 0 saturated heterocycles. The van der Waals surface area contributed by atoms with Gasteiger partial charge in [-0.1, -0.05) is 19.4 Å². The van der Waals surface area contributed by atoms with Gasteiger partial charge in [0.05, 0.1) is 12.7 Å². The highest BCUT2D eigenvalue weighted by Crippen LogP contribution is 2.34. The van der Waals surface area contributed by atoms with Crippen LogP contribution < -0.4 is 15.2 Å². The molecular weight excluding hydrogens is 254 g/mol. The fraction of sp³-hybridized carbons (Fsp3) is 0.625. The van der Waals surface area contributed by atoms with Crippen LogP contribution in [-0.2, 0) is 11.3 Å². The van der Waals surface area contributed by atoms with E-state index in [1.165, 1.54) is 12.8 Å². The molecule has 1 aromatic carbocycles. The van der Waals surface area contributed by atoms with E-state index >= 15 is 0 Å². The molecule has 2 aliphatic rings. The largest absolute Gasteiger partial charge is 0.454 e. The number of hydrogen-bond acceptors (Lipinski definition) is 4. The van der Waals surface area contributed by atoms with Gasteiger partial charge in [0.15, 0.2) is 11.5 Å². The Labute approximate surface area is 120 Å². The van der Waals surface area contributed by atoms with Crippen LogP contribution in [0.3, 0.4) is 0 Å². The Balaban J connectivity index is 1.60. The first-order valence-corrected chi connectivity index (χ1v) is 7.46. The normalized spacial score (nSPS) is 28.6. The molecule has 0 bridgehead atoms. The lowest BCUT2D eigenvalue weighted by molar-refractivity contribution is -0.0306. The van der Waals surface area contributed by atoms with Gasteiger partial charge in [-0.05, 0) is 48.9 Å². The van der Waals surface area contributed by atoms with Gasteiger partial charge in [0, 0.05) is 0 Å². The van der Waals surface area contributed by atoms with Gasteiger partial charge in [0.25, 0.3) is 0 Å². The van der Waals surface area contributed by atoms with Gasteiger partial charge in [0.1, 0.15) is 0 Å². The average molecular weight is 277 g/mol. The minimum absolute atomic E-state index is 0.286. The van der Waals surface area contributed by atoms with Gasteiger partial charge in [-0.2, -0.15) is 0 Å². The maximum atomic E-state index is 6.13. The predicted molar refractivity (Wildman–Crippen MR) is 76.7 cm³/mol. The fourth-order valence-electron chi connectivity index (χ4n) is 3.10. The molecule has 0 amide bonds. The summed E-state index contributed by atoms with van der Waals surface area (Å²) in [6.45, 7) is 3.95. The number of hydrogen-bond donors (Lipinski definition) is 1. The minimum atomic E-state index is 0.286. The second-order valence-electron chi connectivity index (χ2n) is 5.95. The van der Waals surface area contributed by atoms with Crippen LogP contribution in [0.1, 0.15) is 31.7 Å². The molecule has 1 saturated carbocycles. The zero-order valence-corrected chi connectivity index (χ0v) is 12.0. The van der Waals surface area contributed by atoms with Crippen LogP contribution in [0, 0.1) is 11.8 Å². The Morgan fingerprint density at radius 2 is 2.10 bits per heavy atom. The Morgan fingerprint density at radius 3 is 2.95 bits per heavy atom. The molecular formula is C16H23NO3. The lowest BCUT2D eigenvalue weighted by atomic mass is 9.80. The molecule has 1 fully saturated rings. The number of rotatable bonds is 4. The first-order chi connectivity index (χ1) is 9.76. The van der Waals surface area contributed by atoms with Gasteiger partial charge in [0.2, 0.25) is 6.79 Å². The van der Waals surface area contributed by atoms with Crippen molar-refractivity contribution in [3.63, 3.8) is 0 Å². The average Bonchev–Trinajstić information content (AvgIpc) is 2.92. The maximum Gasteiger partial charge on any atom is 0.231 e. The van der Waals surface area contributed by atoms with E-state index in [2.05, 4.69) is 6.92 Å². The van der Waals surface area contributed by atoms with E-state index in [9.17, 15) is 0 Å². The summed E-state index contributed by atoms with van der Waals surface area (Å²) in [4.78, 5) is 0. The number of fused-ring (bicyclic) bond motifs is 1. The van der Waals surface area contributed by atoms with E-state index in [-0.39, 0.29) is 6.10 Å². The van der Waals surface area contributed by atoms with Gasteiger partial charge >= 0.3 is 0 Å². The van der Waals surface area contributed by atoms with E-state index in [1.807, 2.05) is 18.2 Å². The summed E-state index contributed by atoms with van der Waals surface area (Å²) < 4.78 is 16.8. The lowest BCUT2D eigenvalue weighted by Crippen LogP contribution is -2.35. The molecule has 2 N–H and O–H groups in total. The SMILES string of the molecule is CC1CCC(CN)C(OCc2ccc3c(c2)OCO3)C1. The van der Waals surface area contributed by atoms with E-state index in [1.54, 1.807) is 0 Å². The first-order valence-electron chi connectivity index (χ1n) is 7.46. The van der Waals surface area contributed by atoms with Crippen LogP contribution in [-0.4, -0.2) is 19.4 Å². The summed E-state index contributed by atoms with van der Waals surface area (Å²) in [6.07, 6.45) is 3.86. The van der Waals surface area contributed by atoms with E-state index < -0.39 is 0 Å². The summed E-state index contributed by atoms with van der Waals surface area (Å²) in [6, 6.07) is 5.99. The summed E-state index contributed by atoms with van der Waals surface area (Å²) in [7, 11) is 0. The molecule has 0 radical (unpaired) electrons. The molecule has 1 aliphatic carbocycles. The molecule has 0 spiro atoms. The Bertz CT molecular complexity index is 463. The molecule has 1 aliphatic heterocycles. The monoisotopic (exact) mass is 277 g/mol. The molecule has 0 aromatic heterocycles. The van der Waals surface area contributed by atoms with E-state index in [0.29, 0.717) is 19.3 Å². The van der Waals surface area contributed by atoms with Crippen LogP contribution in [0.15, 0.2) is 18.2 Å². The van der Waals surface area contributed by atoms with Gasteiger partial charge in [-0.3, -0.25) is 0 Å². The number of benzene rings is 1. The minimum Gasteiger partial charge on any atom is -0.454 e. The Kier molecular flexibility index (Phi) is 4.13. The molecule has 20 heavy (non-hydrogen) atoms. The van der Waals surface area contributed by atoms with Gasteiger partial charge in [-0.25, -0.2) is 0 Å². The lowest BCUT2D eigenvalue weighted by Gasteiger charge is -2.34. The topological polar surface area (TPSA) is 53.7 Å². The highest BCUT2D eigenvalue weighted by Gasteiger charge is 2.28. The molecule has 3 atom stereocenters. The zero-order chi connectivity index (χ0) is 13.9. The third kappa shape index (κ3) is 2.91. The fourth-order valence-corrected chi connectivity index (χ4v) is 3.10. The Hall–Kier alpha value is -1.26. The first kappa shape index (κ1) is 13.7. The van der Waals surface area contributed by atoms with E-state index in [4.69, 9.17) is 19.9 Å². The van der Waals surface area contributed by atoms with Crippen molar-refractivity contribution in [2.45, 2.75) is 38.9 Å². The van der Waals surface area contributed by atoms with E-state index in [0.717, 1.165) is 35.9 Å². The number of ether oxygens (including phenoxy) is 3. The summed E-state index contributed by atoms with van der Waals surface area (Å²) >= 11 is 0. The van der Waals surface area contributed by atoms with Crippen LogP contribution in [0.2, 0.25) is 0 Å². The predicted octanol–water partition coefficient (Wildman–Crippen LogP) is 2.70. The van der Waals surface area contributed by atoms with Crippen molar-refractivity contribution in [2.24, 2.45) is 17.6 Å². The molecule has 1 aromatic rings. The standard InChI is InChI=1S/C16H23NO3/c1-11-2-4-13(8-17)15(6-11)18-9-12-3-5-14-16(7-12)20-10-19-14/h3,5,7,11,13,15H,2,4,6,8-10,17H2,1H3. The van der Waals surface area contributed by atoms with Crippen molar-refractivity contribution in [3.8, 4) is 11.5 Å². The third-order valence-electron chi connectivity index (χ3n) is 4.39. The van der Waals surface area contributed by atoms with Crippen LogP contribution >= 0.6 is 0 Å². The smallest absolute Gasteiger partial charge is 0.231 e. The van der Waals surface area contributed by atoms with Gasteiger partial charge in [-0.15, -0.1) is 0 Å². The molecule has 3 rings (SSSR count). The molecule has 1 heterocycles. The molecule has 4 heteroatoms.